The Morgan fingerprint density at radius 3 is 2.81 bits per heavy atom. The molecule has 9 heteroatoms. The van der Waals surface area contributed by atoms with Gasteiger partial charge in [0.2, 0.25) is 10.0 Å². The summed E-state index contributed by atoms with van der Waals surface area (Å²) in [5, 5.41) is 11.0. The van der Waals surface area contributed by atoms with Crippen molar-refractivity contribution in [3.63, 3.8) is 0 Å². The number of benzene rings is 1. The van der Waals surface area contributed by atoms with Crippen molar-refractivity contribution in [3.8, 4) is 0 Å². The zero-order valence-electron chi connectivity index (χ0n) is 11.2. The minimum Gasteiger partial charge on any atom is -0.330 e. The highest BCUT2D eigenvalue weighted by Crippen LogP contribution is 2.30. The fourth-order valence-corrected chi connectivity index (χ4v) is 4.12. The molecule has 0 saturated carbocycles. The molecule has 1 atom stereocenters. The van der Waals surface area contributed by atoms with Gasteiger partial charge in [-0.05, 0) is 37.4 Å². The van der Waals surface area contributed by atoms with E-state index in [0.29, 0.717) is 19.0 Å². The second kappa shape index (κ2) is 6.04. The van der Waals surface area contributed by atoms with Crippen LogP contribution in [0.1, 0.15) is 12.8 Å². The van der Waals surface area contributed by atoms with Crippen molar-refractivity contribution in [3.05, 3.63) is 34.1 Å². The minimum absolute atomic E-state index is 0.0352. The molecular weight excluding hydrogens is 301 g/mol. The summed E-state index contributed by atoms with van der Waals surface area (Å²) in [6.07, 6.45) is 1.48. The van der Waals surface area contributed by atoms with Crippen LogP contribution in [0.15, 0.2) is 23.1 Å². The van der Waals surface area contributed by atoms with Gasteiger partial charge in [0.15, 0.2) is 4.90 Å². The van der Waals surface area contributed by atoms with Crippen LogP contribution in [0.4, 0.5) is 10.1 Å². The maximum Gasteiger partial charge on any atom is 0.292 e. The molecule has 1 unspecified atom stereocenters. The van der Waals surface area contributed by atoms with E-state index in [1.54, 1.807) is 0 Å². The zero-order chi connectivity index (χ0) is 15.6. The van der Waals surface area contributed by atoms with Crippen LogP contribution in [-0.4, -0.2) is 37.3 Å². The lowest BCUT2D eigenvalue weighted by Crippen LogP contribution is -2.42. The summed E-state index contributed by atoms with van der Waals surface area (Å²) in [4.78, 5) is 9.59. The Morgan fingerprint density at radius 1 is 1.48 bits per heavy atom. The standard InChI is InChI=1S/C12H16FN3O4S/c13-10-3-4-12(11(6-10)16(17)18)21(19,20)15-5-1-2-9(7-14)8-15/h3-4,6,9H,1-2,5,7-8,14H2. The third-order valence-corrected chi connectivity index (χ3v) is 5.46. The van der Waals surface area contributed by atoms with Crippen LogP contribution in [0.2, 0.25) is 0 Å². The maximum absolute atomic E-state index is 13.1. The molecule has 116 valence electrons. The van der Waals surface area contributed by atoms with Gasteiger partial charge in [0.1, 0.15) is 5.82 Å². The lowest BCUT2D eigenvalue weighted by molar-refractivity contribution is -0.388. The van der Waals surface area contributed by atoms with E-state index < -0.39 is 31.3 Å². The van der Waals surface area contributed by atoms with E-state index in [-0.39, 0.29) is 19.0 Å². The Balaban J connectivity index is 2.42. The number of hydrogen-bond donors (Lipinski definition) is 1. The summed E-state index contributed by atoms with van der Waals surface area (Å²) in [7, 11) is -4.03. The highest BCUT2D eigenvalue weighted by atomic mass is 32.2. The summed E-state index contributed by atoms with van der Waals surface area (Å²) in [6, 6.07) is 2.47. The van der Waals surface area contributed by atoms with Crippen molar-refractivity contribution in [2.75, 3.05) is 19.6 Å². The fourth-order valence-electron chi connectivity index (χ4n) is 2.43. The van der Waals surface area contributed by atoms with Gasteiger partial charge < -0.3 is 5.73 Å². The molecule has 2 rings (SSSR count). The van der Waals surface area contributed by atoms with Crippen molar-refractivity contribution in [2.45, 2.75) is 17.7 Å². The third kappa shape index (κ3) is 3.20. The Hall–Kier alpha value is -1.58. The molecule has 1 aromatic rings. The van der Waals surface area contributed by atoms with E-state index in [9.17, 15) is 22.9 Å². The first-order valence-electron chi connectivity index (χ1n) is 6.50. The number of nitrogens with zero attached hydrogens (tertiary/aromatic N) is 2. The highest BCUT2D eigenvalue weighted by molar-refractivity contribution is 7.89. The number of nitrogens with two attached hydrogens (primary N) is 1. The van der Waals surface area contributed by atoms with Gasteiger partial charge in [0, 0.05) is 13.1 Å². The lowest BCUT2D eigenvalue weighted by atomic mass is 10.0. The molecule has 0 spiro atoms. The van der Waals surface area contributed by atoms with Crippen LogP contribution >= 0.6 is 0 Å². The number of halogens is 1. The van der Waals surface area contributed by atoms with Gasteiger partial charge in [0.25, 0.3) is 5.69 Å². The summed E-state index contributed by atoms with van der Waals surface area (Å²) in [5.41, 5.74) is 4.82. The topological polar surface area (TPSA) is 107 Å². The quantitative estimate of drug-likeness (QED) is 0.661. The van der Waals surface area contributed by atoms with Gasteiger partial charge in [-0.2, -0.15) is 4.31 Å². The number of nitro benzene ring substituents is 1. The molecule has 1 aliphatic rings. The Kier molecular flexibility index (Phi) is 4.55. The summed E-state index contributed by atoms with van der Waals surface area (Å²) < 4.78 is 39.4. The van der Waals surface area contributed by atoms with Crippen molar-refractivity contribution >= 4 is 15.7 Å². The van der Waals surface area contributed by atoms with Crippen LogP contribution in [0, 0.1) is 21.8 Å². The number of piperidine rings is 1. The number of nitro groups is 1. The third-order valence-electron chi connectivity index (χ3n) is 3.55. The molecule has 21 heavy (non-hydrogen) atoms. The monoisotopic (exact) mass is 317 g/mol. The zero-order valence-corrected chi connectivity index (χ0v) is 12.1. The van der Waals surface area contributed by atoms with E-state index in [2.05, 4.69) is 0 Å². The molecule has 1 fully saturated rings. The lowest BCUT2D eigenvalue weighted by Gasteiger charge is -2.31. The SMILES string of the molecule is NCC1CCCN(S(=O)(=O)c2ccc(F)cc2[N+](=O)[O-])C1. The minimum atomic E-state index is -4.03. The predicted octanol–water partition coefficient (Wildman–Crippen LogP) is 1.09. The van der Waals surface area contributed by atoms with Gasteiger partial charge in [-0.25, -0.2) is 12.8 Å². The summed E-state index contributed by atoms with van der Waals surface area (Å²) in [6.45, 7) is 0.873. The predicted molar refractivity (Wildman–Crippen MR) is 73.6 cm³/mol. The van der Waals surface area contributed by atoms with Crippen LogP contribution in [-0.2, 0) is 10.0 Å². The molecule has 0 aliphatic carbocycles. The summed E-state index contributed by atoms with van der Waals surface area (Å²) in [5.74, 6) is -0.813. The van der Waals surface area contributed by atoms with Crippen molar-refractivity contribution in [2.24, 2.45) is 11.7 Å². The van der Waals surface area contributed by atoms with Crippen LogP contribution in [0.5, 0.6) is 0 Å². The average molecular weight is 317 g/mol. The van der Waals surface area contributed by atoms with Gasteiger partial charge in [-0.3, -0.25) is 10.1 Å². The Morgan fingerprint density at radius 2 is 2.19 bits per heavy atom. The Bertz CT molecular complexity index is 650. The molecule has 0 aromatic heterocycles. The van der Waals surface area contributed by atoms with Gasteiger partial charge >= 0.3 is 0 Å². The molecular formula is C12H16FN3O4S. The first-order valence-corrected chi connectivity index (χ1v) is 7.94. The van der Waals surface area contributed by atoms with Crippen LogP contribution in [0.3, 0.4) is 0 Å². The van der Waals surface area contributed by atoms with Crippen LogP contribution < -0.4 is 5.73 Å². The fraction of sp³-hybridized carbons (Fsp3) is 0.500. The number of sulfonamides is 1. The van der Waals surface area contributed by atoms with Crippen molar-refractivity contribution < 1.29 is 17.7 Å². The van der Waals surface area contributed by atoms with E-state index >= 15 is 0 Å². The second-order valence-corrected chi connectivity index (χ2v) is 6.88. The van der Waals surface area contributed by atoms with E-state index in [1.807, 2.05) is 0 Å². The molecule has 1 aromatic carbocycles. The maximum atomic E-state index is 13.1. The average Bonchev–Trinajstić information content (AvgIpc) is 2.46. The first-order chi connectivity index (χ1) is 9.86. The second-order valence-electron chi connectivity index (χ2n) is 4.98. The summed E-state index contributed by atoms with van der Waals surface area (Å²) >= 11 is 0. The normalized spacial score (nSPS) is 20.4. The molecule has 7 nitrogen and oxygen atoms in total. The van der Waals surface area contributed by atoms with E-state index in [4.69, 9.17) is 5.73 Å². The molecule has 1 aliphatic heterocycles. The van der Waals surface area contributed by atoms with Crippen molar-refractivity contribution in [1.29, 1.82) is 0 Å². The van der Waals surface area contributed by atoms with Crippen LogP contribution in [0.25, 0.3) is 0 Å². The van der Waals surface area contributed by atoms with Crippen molar-refractivity contribution in [1.82, 2.24) is 4.31 Å². The molecule has 0 radical (unpaired) electrons. The first kappa shape index (κ1) is 15.8. The molecule has 1 saturated heterocycles. The van der Waals surface area contributed by atoms with E-state index in [1.165, 1.54) is 4.31 Å². The van der Waals surface area contributed by atoms with Gasteiger partial charge in [-0.1, -0.05) is 0 Å². The molecule has 2 N–H and O–H groups in total. The Labute approximate surface area is 121 Å². The molecule has 1 heterocycles. The van der Waals surface area contributed by atoms with E-state index in [0.717, 1.165) is 18.6 Å². The van der Waals surface area contributed by atoms with Gasteiger partial charge in [0.05, 0.1) is 11.0 Å². The number of rotatable bonds is 4. The van der Waals surface area contributed by atoms with Gasteiger partial charge in [-0.15, -0.1) is 0 Å². The number of hydrogen-bond acceptors (Lipinski definition) is 5. The molecule has 0 amide bonds. The molecule has 0 bridgehead atoms. The largest absolute Gasteiger partial charge is 0.330 e. The smallest absolute Gasteiger partial charge is 0.292 e. The highest BCUT2D eigenvalue weighted by Gasteiger charge is 2.34.